The monoisotopic (exact) mass is 301 g/mol. The number of anilines is 1. The predicted octanol–water partition coefficient (Wildman–Crippen LogP) is 3.39. The Kier molecular flexibility index (Phi) is 5.31. The van der Waals surface area contributed by atoms with Crippen molar-refractivity contribution < 1.29 is 0 Å². The third-order valence-corrected chi connectivity index (χ3v) is 4.51. The van der Waals surface area contributed by atoms with Crippen LogP contribution >= 0.6 is 23.2 Å². The van der Waals surface area contributed by atoms with E-state index in [1.807, 2.05) is 12.3 Å². The molecule has 106 valence electrons. The Morgan fingerprint density at radius 3 is 2.63 bits per heavy atom. The second-order valence-electron chi connectivity index (χ2n) is 5.06. The van der Waals surface area contributed by atoms with Crippen LogP contribution in [-0.4, -0.2) is 42.6 Å². The van der Waals surface area contributed by atoms with E-state index in [0.717, 1.165) is 31.0 Å². The van der Waals surface area contributed by atoms with Crippen LogP contribution in [-0.2, 0) is 5.88 Å². The number of rotatable bonds is 4. The Hall–Kier alpha value is -0.510. The van der Waals surface area contributed by atoms with Crippen LogP contribution in [0, 0.1) is 0 Å². The molecule has 0 saturated carbocycles. The van der Waals surface area contributed by atoms with Crippen LogP contribution in [0.5, 0.6) is 0 Å². The highest BCUT2D eigenvalue weighted by Crippen LogP contribution is 2.28. The van der Waals surface area contributed by atoms with E-state index in [9.17, 15) is 0 Å². The molecule has 3 nitrogen and oxygen atoms in total. The van der Waals surface area contributed by atoms with E-state index in [2.05, 4.69) is 28.8 Å². The fourth-order valence-electron chi connectivity index (χ4n) is 2.60. The SMILES string of the molecule is CCN1CCC(N(C)c2ncc(CCl)cc2Cl)CC1. The molecule has 0 N–H and O–H groups in total. The summed E-state index contributed by atoms with van der Waals surface area (Å²) in [6, 6.07) is 2.43. The van der Waals surface area contributed by atoms with E-state index < -0.39 is 0 Å². The predicted molar refractivity (Wildman–Crippen MR) is 82.3 cm³/mol. The van der Waals surface area contributed by atoms with Gasteiger partial charge in [0.15, 0.2) is 0 Å². The van der Waals surface area contributed by atoms with Crippen LogP contribution in [0.25, 0.3) is 0 Å². The van der Waals surface area contributed by atoms with Crippen LogP contribution in [0.4, 0.5) is 5.82 Å². The lowest BCUT2D eigenvalue weighted by atomic mass is 10.0. The van der Waals surface area contributed by atoms with Crippen molar-refractivity contribution in [2.24, 2.45) is 0 Å². The van der Waals surface area contributed by atoms with Gasteiger partial charge in [-0.25, -0.2) is 4.98 Å². The highest BCUT2D eigenvalue weighted by atomic mass is 35.5. The van der Waals surface area contributed by atoms with Gasteiger partial charge < -0.3 is 9.80 Å². The van der Waals surface area contributed by atoms with Gasteiger partial charge in [0.1, 0.15) is 5.82 Å². The molecule has 19 heavy (non-hydrogen) atoms. The summed E-state index contributed by atoms with van der Waals surface area (Å²) in [6.07, 6.45) is 4.14. The molecule has 2 heterocycles. The van der Waals surface area contributed by atoms with E-state index >= 15 is 0 Å². The molecule has 0 unspecified atom stereocenters. The maximum Gasteiger partial charge on any atom is 0.147 e. The third-order valence-electron chi connectivity index (χ3n) is 3.92. The Balaban J connectivity index is 2.05. The standard InChI is InChI=1S/C14H21Cl2N3/c1-3-19-6-4-12(5-7-19)18(2)14-13(16)8-11(9-15)10-17-14/h8,10,12H,3-7,9H2,1-2H3. The molecular weight excluding hydrogens is 281 g/mol. The molecule has 1 saturated heterocycles. The van der Waals surface area contributed by atoms with Gasteiger partial charge in [0.2, 0.25) is 0 Å². The van der Waals surface area contributed by atoms with E-state index in [1.54, 1.807) is 0 Å². The summed E-state index contributed by atoms with van der Waals surface area (Å²) in [4.78, 5) is 9.16. The van der Waals surface area contributed by atoms with E-state index in [1.165, 1.54) is 12.8 Å². The van der Waals surface area contributed by atoms with Gasteiger partial charge in [-0.1, -0.05) is 18.5 Å². The van der Waals surface area contributed by atoms with Crippen LogP contribution in [0.1, 0.15) is 25.3 Å². The summed E-state index contributed by atoms with van der Waals surface area (Å²) >= 11 is 12.1. The average Bonchev–Trinajstić information content (AvgIpc) is 2.46. The normalized spacial score (nSPS) is 17.7. The van der Waals surface area contributed by atoms with Gasteiger partial charge in [0.25, 0.3) is 0 Å². The van der Waals surface area contributed by atoms with Gasteiger partial charge in [-0.15, -0.1) is 11.6 Å². The Morgan fingerprint density at radius 2 is 2.11 bits per heavy atom. The number of aromatic nitrogens is 1. The van der Waals surface area contributed by atoms with Gasteiger partial charge in [-0.05, 0) is 31.0 Å². The van der Waals surface area contributed by atoms with Crippen LogP contribution in [0.15, 0.2) is 12.3 Å². The highest BCUT2D eigenvalue weighted by molar-refractivity contribution is 6.33. The van der Waals surface area contributed by atoms with E-state index in [4.69, 9.17) is 23.2 Å². The van der Waals surface area contributed by atoms with Crippen molar-refractivity contribution in [2.75, 3.05) is 31.6 Å². The molecule has 0 amide bonds. The number of piperidine rings is 1. The lowest BCUT2D eigenvalue weighted by Crippen LogP contribution is -2.43. The topological polar surface area (TPSA) is 19.4 Å². The maximum atomic E-state index is 6.30. The number of halogens is 2. The molecule has 0 atom stereocenters. The first-order chi connectivity index (χ1) is 9.15. The lowest BCUT2D eigenvalue weighted by Gasteiger charge is -2.37. The fourth-order valence-corrected chi connectivity index (χ4v) is 3.07. The van der Waals surface area contributed by atoms with Crippen LogP contribution in [0.2, 0.25) is 5.02 Å². The van der Waals surface area contributed by atoms with Crippen molar-refractivity contribution in [3.63, 3.8) is 0 Å². The number of likely N-dealkylation sites (tertiary alicyclic amines) is 1. The van der Waals surface area contributed by atoms with Crippen molar-refractivity contribution in [2.45, 2.75) is 31.7 Å². The minimum absolute atomic E-state index is 0.450. The molecule has 0 radical (unpaired) electrons. The molecule has 2 rings (SSSR count). The highest BCUT2D eigenvalue weighted by Gasteiger charge is 2.23. The summed E-state index contributed by atoms with van der Waals surface area (Å²) in [5, 5.41) is 0.693. The van der Waals surface area contributed by atoms with E-state index in [0.29, 0.717) is 16.9 Å². The van der Waals surface area contributed by atoms with Crippen molar-refractivity contribution in [1.82, 2.24) is 9.88 Å². The number of pyridine rings is 1. The van der Waals surface area contributed by atoms with Crippen molar-refractivity contribution in [3.8, 4) is 0 Å². The van der Waals surface area contributed by atoms with Gasteiger partial charge in [-0.3, -0.25) is 0 Å². The minimum Gasteiger partial charge on any atom is -0.355 e. The third kappa shape index (κ3) is 3.53. The van der Waals surface area contributed by atoms with Crippen molar-refractivity contribution in [3.05, 3.63) is 22.8 Å². The Labute approximate surface area is 125 Å². The molecule has 1 aliphatic rings. The number of hydrogen-bond donors (Lipinski definition) is 0. The summed E-state index contributed by atoms with van der Waals surface area (Å²) in [5.41, 5.74) is 0.963. The summed E-state index contributed by atoms with van der Waals surface area (Å²) < 4.78 is 0. The maximum absolute atomic E-state index is 6.30. The number of nitrogens with zero attached hydrogens (tertiary/aromatic N) is 3. The molecular formula is C14H21Cl2N3. The van der Waals surface area contributed by atoms with Crippen molar-refractivity contribution >= 4 is 29.0 Å². The summed E-state index contributed by atoms with van der Waals surface area (Å²) in [5.74, 6) is 1.32. The van der Waals surface area contributed by atoms with E-state index in [-0.39, 0.29) is 0 Å². The number of hydrogen-bond acceptors (Lipinski definition) is 3. The van der Waals surface area contributed by atoms with Crippen LogP contribution < -0.4 is 4.90 Å². The molecule has 0 aromatic carbocycles. The zero-order chi connectivity index (χ0) is 13.8. The Morgan fingerprint density at radius 1 is 1.42 bits per heavy atom. The van der Waals surface area contributed by atoms with Gasteiger partial charge >= 0.3 is 0 Å². The van der Waals surface area contributed by atoms with Gasteiger partial charge in [0.05, 0.1) is 5.02 Å². The quantitative estimate of drug-likeness (QED) is 0.795. The fraction of sp³-hybridized carbons (Fsp3) is 0.643. The molecule has 1 aromatic rings. The first kappa shape index (κ1) is 14.9. The molecule has 0 bridgehead atoms. The smallest absolute Gasteiger partial charge is 0.147 e. The van der Waals surface area contributed by atoms with Gasteiger partial charge in [0, 0.05) is 38.3 Å². The second kappa shape index (κ2) is 6.78. The average molecular weight is 302 g/mol. The van der Waals surface area contributed by atoms with Gasteiger partial charge in [-0.2, -0.15) is 0 Å². The minimum atomic E-state index is 0.450. The first-order valence-electron chi connectivity index (χ1n) is 6.81. The van der Waals surface area contributed by atoms with Crippen LogP contribution in [0.3, 0.4) is 0 Å². The Bertz CT molecular complexity index is 417. The molecule has 5 heteroatoms. The zero-order valence-corrected chi connectivity index (χ0v) is 13.1. The lowest BCUT2D eigenvalue weighted by molar-refractivity contribution is 0.220. The molecule has 0 spiro atoms. The molecule has 0 aliphatic carbocycles. The molecule has 1 aliphatic heterocycles. The largest absolute Gasteiger partial charge is 0.355 e. The van der Waals surface area contributed by atoms with Crippen molar-refractivity contribution in [1.29, 1.82) is 0 Å². The zero-order valence-electron chi connectivity index (χ0n) is 11.6. The second-order valence-corrected chi connectivity index (χ2v) is 5.73. The molecule has 1 fully saturated rings. The molecule has 1 aromatic heterocycles. The first-order valence-corrected chi connectivity index (χ1v) is 7.72. The summed E-state index contributed by atoms with van der Waals surface area (Å²) in [6.45, 7) is 5.67. The number of alkyl halides is 1. The summed E-state index contributed by atoms with van der Waals surface area (Å²) in [7, 11) is 2.08.